The van der Waals surface area contributed by atoms with E-state index in [4.69, 9.17) is 4.74 Å². The van der Waals surface area contributed by atoms with Crippen LogP contribution in [0.5, 0.6) is 0 Å². The van der Waals surface area contributed by atoms with E-state index < -0.39 is 23.6 Å². The number of carbonyl (C=O) groups excluding carboxylic acids is 3. The van der Waals surface area contributed by atoms with Gasteiger partial charge in [-0.1, -0.05) is 12.1 Å². The summed E-state index contributed by atoms with van der Waals surface area (Å²) in [4.78, 5) is 35.3. The lowest BCUT2D eigenvalue weighted by Crippen LogP contribution is -2.15. The van der Waals surface area contributed by atoms with E-state index >= 15 is 0 Å². The van der Waals surface area contributed by atoms with Gasteiger partial charge in [0.05, 0.1) is 0 Å². The molecular formula is C12H11NO4. The summed E-state index contributed by atoms with van der Waals surface area (Å²) < 4.78 is 4.72. The largest absolute Gasteiger partial charge is 0.443 e. The number of benzene rings is 1. The lowest BCUT2D eigenvalue weighted by atomic mass is 10.0. The predicted molar refractivity (Wildman–Crippen MR) is 59.6 cm³/mol. The zero-order valence-corrected chi connectivity index (χ0v) is 9.47. The van der Waals surface area contributed by atoms with Gasteiger partial charge in [0.15, 0.2) is 6.10 Å². The van der Waals surface area contributed by atoms with Crippen LogP contribution in [0.3, 0.4) is 0 Å². The summed E-state index contributed by atoms with van der Waals surface area (Å²) >= 11 is 0. The topological polar surface area (TPSA) is 63.7 Å². The molecule has 88 valence electrons. The zero-order valence-electron chi connectivity index (χ0n) is 9.47. The van der Waals surface area contributed by atoms with Crippen LogP contribution in [0.25, 0.3) is 0 Å². The minimum absolute atomic E-state index is 0.514. The van der Waals surface area contributed by atoms with Crippen molar-refractivity contribution >= 4 is 23.2 Å². The molecule has 1 fully saturated rings. The Morgan fingerprint density at radius 3 is 2.06 bits per heavy atom. The molecule has 1 aliphatic rings. The second kappa shape index (κ2) is 4.01. The molecule has 0 spiro atoms. The Morgan fingerprint density at radius 1 is 1.06 bits per heavy atom. The summed E-state index contributed by atoms with van der Waals surface area (Å²) in [5.74, 6) is -2.95. The molecule has 1 heterocycles. The number of Topliss-reactive ketones (excluding diaryl/α,β-unsaturated/α-hetero) is 2. The lowest BCUT2D eigenvalue weighted by molar-refractivity contribution is -0.149. The molecule has 1 atom stereocenters. The molecule has 17 heavy (non-hydrogen) atoms. The third-order valence-corrected chi connectivity index (χ3v) is 2.58. The van der Waals surface area contributed by atoms with E-state index in [-0.39, 0.29) is 0 Å². The van der Waals surface area contributed by atoms with Gasteiger partial charge in [0.25, 0.3) is 5.78 Å². The second-order valence-corrected chi connectivity index (χ2v) is 3.96. The van der Waals surface area contributed by atoms with Gasteiger partial charge >= 0.3 is 11.8 Å². The maximum absolute atomic E-state index is 11.4. The van der Waals surface area contributed by atoms with Crippen LogP contribution in [0.2, 0.25) is 0 Å². The van der Waals surface area contributed by atoms with Crippen LogP contribution in [0, 0.1) is 0 Å². The second-order valence-electron chi connectivity index (χ2n) is 3.96. The zero-order chi connectivity index (χ0) is 12.6. The fourth-order valence-electron chi connectivity index (χ4n) is 1.60. The van der Waals surface area contributed by atoms with Gasteiger partial charge in [-0.2, -0.15) is 0 Å². The van der Waals surface area contributed by atoms with Crippen molar-refractivity contribution in [1.29, 1.82) is 0 Å². The number of nitrogens with zero attached hydrogens (tertiary/aromatic N) is 1. The third-order valence-electron chi connectivity index (χ3n) is 2.58. The van der Waals surface area contributed by atoms with E-state index in [1.807, 2.05) is 19.0 Å². The van der Waals surface area contributed by atoms with Crippen molar-refractivity contribution in [2.24, 2.45) is 0 Å². The van der Waals surface area contributed by atoms with Crippen LogP contribution in [-0.2, 0) is 19.1 Å². The van der Waals surface area contributed by atoms with Gasteiger partial charge in [-0.05, 0) is 12.1 Å². The van der Waals surface area contributed by atoms with Gasteiger partial charge in [0.2, 0.25) is 0 Å². The molecule has 1 aliphatic heterocycles. The number of ketones is 2. The van der Waals surface area contributed by atoms with Crippen LogP contribution in [0.4, 0.5) is 5.69 Å². The molecule has 0 aliphatic carbocycles. The Morgan fingerprint density at radius 2 is 1.65 bits per heavy atom. The number of ether oxygens (including phenoxy) is 1. The van der Waals surface area contributed by atoms with Gasteiger partial charge in [0.1, 0.15) is 0 Å². The summed E-state index contributed by atoms with van der Waals surface area (Å²) in [6, 6.07) is 6.92. The van der Waals surface area contributed by atoms with Crippen molar-refractivity contribution in [3.63, 3.8) is 0 Å². The van der Waals surface area contributed by atoms with E-state index in [1.165, 1.54) is 0 Å². The molecule has 5 nitrogen and oxygen atoms in total. The third kappa shape index (κ3) is 1.91. The molecule has 0 N–H and O–H groups in total. The number of esters is 1. The first-order chi connectivity index (χ1) is 8.00. The van der Waals surface area contributed by atoms with E-state index in [1.54, 1.807) is 24.3 Å². The molecule has 0 aromatic heterocycles. The smallest absolute Gasteiger partial charge is 0.384 e. The van der Waals surface area contributed by atoms with Crippen molar-refractivity contribution in [3.8, 4) is 0 Å². The summed E-state index contributed by atoms with van der Waals surface area (Å²) in [6.07, 6.45) is -1.08. The van der Waals surface area contributed by atoms with Crippen molar-refractivity contribution in [3.05, 3.63) is 29.8 Å². The highest BCUT2D eigenvalue weighted by Crippen LogP contribution is 2.26. The first-order valence-electron chi connectivity index (χ1n) is 5.07. The van der Waals surface area contributed by atoms with Gasteiger partial charge in [-0.3, -0.25) is 9.59 Å². The van der Waals surface area contributed by atoms with Gasteiger partial charge in [-0.25, -0.2) is 4.79 Å². The molecular weight excluding hydrogens is 222 g/mol. The van der Waals surface area contributed by atoms with E-state index in [2.05, 4.69) is 0 Å². The summed E-state index contributed by atoms with van der Waals surface area (Å²) in [5.41, 5.74) is 1.47. The fraction of sp³-hybridized carbons (Fsp3) is 0.250. The van der Waals surface area contributed by atoms with E-state index in [0.717, 1.165) is 5.69 Å². The Bertz CT molecular complexity index is 490. The molecule has 0 amide bonds. The Balaban J connectivity index is 2.27. The molecule has 1 aromatic carbocycles. The molecule has 5 heteroatoms. The van der Waals surface area contributed by atoms with Crippen LogP contribution in [0.1, 0.15) is 11.7 Å². The van der Waals surface area contributed by atoms with Gasteiger partial charge < -0.3 is 9.64 Å². The highest BCUT2D eigenvalue weighted by molar-refractivity contribution is 6.65. The predicted octanol–water partition coefficient (Wildman–Crippen LogP) is 0.489. The molecule has 1 saturated heterocycles. The standard InChI is InChI=1S/C12H11NO4/c1-13(2)8-5-3-7(4-6-8)11-9(14)10(15)12(16)17-11/h3-6,11H,1-2H3. The normalized spacial score (nSPS) is 19.4. The summed E-state index contributed by atoms with van der Waals surface area (Å²) in [7, 11) is 3.78. The number of anilines is 1. The minimum Gasteiger partial charge on any atom is -0.443 e. The highest BCUT2D eigenvalue weighted by atomic mass is 16.6. The van der Waals surface area contributed by atoms with Crippen molar-refractivity contribution in [1.82, 2.24) is 0 Å². The molecule has 1 aromatic rings. The highest BCUT2D eigenvalue weighted by Gasteiger charge is 2.42. The monoisotopic (exact) mass is 233 g/mol. The van der Waals surface area contributed by atoms with Crippen molar-refractivity contribution in [2.45, 2.75) is 6.10 Å². The first-order valence-corrected chi connectivity index (χ1v) is 5.07. The number of hydrogen-bond acceptors (Lipinski definition) is 5. The summed E-state index contributed by atoms with van der Waals surface area (Å²) in [5, 5.41) is 0. The molecule has 2 rings (SSSR count). The minimum atomic E-state index is -1.08. The number of hydrogen-bond donors (Lipinski definition) is 0. The number of rotatable bonds is 2. The lowest BCUT2D eigenvalue weighted by Gasteiger charge is -2.13. The van der Waals surface area contributed by atoms with Crippen molar-refractivity contribution < 1.29 is 19.1 Å². The number of carbonyl (C=O) groups is 3. The Hall–Kier alpha value is -2.17. The fourth-order valence-corrected chi connectivity index (χ4v) is 1.60. The van der Waals surface area contributed by atoms with Crippen LogP contribution >= 0.6 is 0 Å². The SMILES string of the molecule is CN(C)c1ccc(C2OC(=O)C(=O)C2=O)cc1. The average Bonchev–Trinajstić information content (AvgIpc) is 2.57. The van der Waals surface area contributed by atoms with Gasteiger partial charge in [0, 0.05) is 25.3 Å². The molecule has 1 unspecified atom stereocenters. The van der Waals surface area contributed by atoms with Crippen LogP contribution in [0.15, 0.2) is 24.3 Å². The van der Waals surface area contributed by atoms with Gasteiger partial charge in [-0.15, -0.1) is 0 Å². The maximum Gasteiger partial charge on any atom is 0.384 e. The number of cyclic esters (lactones) is 1. The maximum atomic E-state index is 11.4. The molecule has 0 radical (unpaired) electrons. The quantitative estimate of drug-likeness (QED) is 0.549. The van der Waals surface area contributed by atoms with Crippen molar-refractivity contribution in [2.75, 3.05) is 19.0 Å². The summed E-state index contributed by atoms with van der Waals surface area (Å²) in [6.45, 7) is 0. The van der Waals surface area contributed by atoms with Crippen LogP contribution in [-0.4, -0.2) is 31.6 Å². The molecule has 0 saturated carbocycles. The Labute approximate surface area is 98.0 Å². The van der Waals surface area contributed by atoms with E-state index in [0.29, 0.717) is 5.56 Å². The average molecular weight is 233 g/mol. The Kier molecular flexibility index (Phi) is 2.67. The first kappa shape index (κ1) is 11.3. The molecule has 0 bridgehead atoms. The van der Waals surface area contributed by atoms with Crippen LogP contribution < -0.4 is 4.90 Å². The van der Waals surface area contributed by atoms with E-state index in [9.17, 15) is 14.4 Å².